The van der Waals surface area contributed by atoms with Crippen LogP contribution in [0.1, 0.15) is 21.5 Å². The van der Waals surface area contributed by atoms with Gasteiger partial charge in [-0.05, 0) is 42.8 Å². The Morgan fingerprint density at radius 1 is 1.29 bits per heavy atom. The highest BCUT2D eigenvalue weighted by atomic mass is 79.9. The Morgan fingerprint density at radius 2 is 2.00 bits per heavy atom. The van der Waals surface area contributed by atoms with Gasteiger partial charge in [0.1, 0.15) is 4.99 Å². The number of carbonyl (C=O) groups excluding carboxylic acids is 1. The number of anilines is 1. The molecule has 0 unspecified atom stereocenters. The van der Waals surface area contributed by atoms with E-state index in [1.807, 2.05) is 6.92 Å². The summed E-state index contributed by atoms with van der Waals surface area (Å²) in [7, 11) is 0. The summed E-state index contributed by atoms with van der Waals surface area (Å²) < 4.78 is 0.835. The van der Waals surface area contributed by atoms with E-state index in [0.29, 0.717) is 21.8 Å². The molecule has 3 nitrogen and oxygen atoms in total. The third kappa shape index (κ3) is 3.81. The highest BCUT2D eigenvalue weighted by molar-refractivity contribution is 9.10. The molecule has 1 amide bonds. The number of rotatable bonds is 3. The Bertz CT molecular complexity index is 734. The van der Waals surface area contributed by atoms with Gasteiger partial charge in [0.2, 0.25) is 0 Å². The van der Waals surface area contributed by atoms with Gasteiger partial charge in [-0.15, -0.1) is 0 Å². The first kappa shape index (κ1) is 15.9. The second-order valence-electron chi connectivity index (χ2n) is 4.47. The van der Waals surface area contributed by atoms with E-state index < -0.39 is 0 Å². The summed E-state index contributed by atoms with van der Waals surface area (Å²) >= 11 is 14.4. The van der Waals surface area contributed by atoms with Crippen LogP contribution in [0, 0.1) is 6.92 Å². The second-order valence-corrected chi connectivity index (χ2v) is 6.23. The van der Waals surface area contributed by atoms with Crippen molar-refractivity contribution >= 4 is 56.3 Å². The van der Waals surface area contributed by atoms with Crippen molar-refractivity contribution < 1.29 is 4.79 Å². The van der Waals surface area contributed by atoms with E-state index in [9.17, 15) is 4.79 Å². The Morgan fingerprint density at radius 3 is 2.62 bits per heavy atom. The van der Waals surface area contributed by atoms with Crippen molar-refractivity contribution in [3.05, 3.63) is 62.6 Å². The first-order valence-electron chi connectivity index (χ1n) is 6.05. The molecule has 0 saturated heterocycles. The molecule has 0 spiro atoms. The van der Waals surface area contributed by atoms with E-state index in [0.717, 1.165) is 10.0 Å². The number of hydrogen-bond donors (Lipinski definition) is 2. The Balaban J connectivity index is 2.31. The van der Waals surface area contributed by atoms with Gasteiger partial charge in [0.25, 0.3) is 5.91 Å². The normalized spacial score (nSPS) is 10.2. The minimum Gasteiger partial charge on any atom is -0.389 e. The van der Waals surface area contributed by atoms with Crippen molar-refractivity contribution in [2.75, 3.05) is 5.32 Å². The van der Waals surface area contributed by atoms with Crippen LogP contribution in [0.5, 0.6) is 0 Å². The molecule has 6 heteroatoms. The SMILES string of the molecule is Cc1ccc(C(=O)Nc2ccc(Br)cc2C(N)=S)cc1Cl. The lowest BCUT2D eigenvalue weighted by atomic mass is 10.1. The zero-order valence-corrected chi connectivity index (χ0v) is 14.3. The quantitative estimate of drug-likeness (QED) is 0.777. The van der Waals surface area contributed by atoms with E-state index in [4.69, 9.17) is 29.6 Å². The lowest BCUT2D eigenvalue weighted by Crippen LogP contribution is -2.17. The summed E-state index contributed by atoms with van der Waals surface area (Å²) in [5.41, 5.74) is 8.24. The van der Waals surface area contributed by atoms with Crippen LogP contribution >= 0.6 is 39.7 Å². The molecule has 0 bridgehead atoms. The van der Waals surface area contributed by atoms with Crippen LogP contribution in [0.2, 0.25) is 5.02 Å². The Kier molecular flexibility index (Phi) is 4.98. The predicted octanol–water partition coefficient (Wildman–Crippen LogP) is 4.30. The van der Waals surface area contributed by atoms with E-state index >= 15 is 0 Å². The minimum atomic E-state index is -0.267. The van der Waals surface area contributed by atoms with E-state index in [2.05, 4.69) is 21.2 Å². The summed E-state index contributed by atoms with van der Waals surface area (Å²) in [6, 6.07) is 10.5. The summed E-state index contributed by atoms with van der Waals surface area (Å²) in [5.74, 6) is -0.267. The van der Waals surface area contributed by atoms with Crippen LogP contribution in [0.4, 0.5) is 5.69 Å². The van der Waals surface area contributed by atoms with Gasteiger partial charge in [-0.3, -0.25) is 4.79 Å². The monoisotopic (exact) mass is 382 g/mol. The summed E-state index contributed by atoms with van der Waals surface area (Å²) in [4.78, 5) is 12.5. The fourth-order valence-corrected chi connectivity index (χ4v) is 2.47. The average Bonchev–Trinajstić information content (AvgIpc) is 2.43. The fourth-order valence-electron chi connectivity index (χ4n) is 1.76. The number of halogens is 2. The van der Waals surface area contributed by atoms with Crippen molar-refractivity contribution in [2.45, 2.75) is 6.92 Å². The maximum atomic E-state index is 12.3. The third-order valence-electron chi connectivity index (χ3n) is 2.93. The molecule has 108 valence electrons. The number of aryl methyl sites for hydroxylation is 1. The average molecular weight is 384 g/mol. The molecule has 0 saturated carbocycles. The molecule has 0 fully saturated rings. The van der Waals surface area contributed by atoms with Gasteiger partial charge in [-0.25, -0.2) is 0 Å². The van der Waals surface area contributed by atoms with Gasteiger partial charge in [0.05, 0.1) is 5.69 Å². The number of benzene rings is 2. The number of amides is 1. The number of hydrogen-bond acceptors (Lipinski definition) is 2. The summed E-state index contributed by atoms with van der Waals surface area (Å²) in [6.45, 7) is 1.88. The van der Waals surface area contributed by atoms with Crippen LogP contribution < -0.4 is 11.1 Å². The molecule has 2 aromatic rings. The topological polar surface area (TPSA) is 55.1 Å². The third-order valence-corrected chi connectivity index (χ3v) is 4.05. The smallest absolute Gasteiger partial charge is 0.255 e. The largest absolute Gasteiger partial charge is 0.389 e. The van der Waals surface area contributed by atoms with Gasteiger partial charge < -0.3 is 11.1 Å². The number of thiocarbonyl (C=S) groups is 1. The zero-order valence-electron chi connectivity index (χ0n) is 11.1. The first-order chi connectivity index (χ1) is 9.88. The maximum absolute atomic E-state index is 12.3. The first-order valence-corrected chi connectivity index (χ1v) is 7.63. The molecule has 0 atom stereocenters. The van der Waals surface area contributed by atoms with Crippen LogP contribution in [0.25, 0.3) is 0 Å². The Labute approximate surface area is 141 Å². The molecule has 0 heterocycles. The lowest BCUT2D eigenvalue weighted by molar-refractivity contribution is 0.102. The molecular formula is C15H12BrClN2OS. The molecule has 0 aromatic heterocycles. The van der Waals surface area contributed by atoms with Gasteiger partial charge in [0.15, 0.2) is 0 Å². The minimum absolute atomic E-state index is 0.216. The highest BCUT2D eigenvalue weighted by Gasteiger charge is 2.12. The van der Waals surface area contributed by atoms with E-state index in [1.165, 1.54) is 0 Å². The number of nitrogens with two attached hydrogens (primary N) is 1. The van der Waals surface area contributed by atoms with Crippen molar-refractivity contribution in [2.24, 2.45) is 5.73 Å². The van der Waals surface area contributed by atoms with Crippen molar-refractivity contribution in [1.82, 2.24) is 0 Å². The molecular weight excluding hydrogens is 372 g/mol. The predicted molar refractivity (Wildman–Crippen MR) is 94.2 cm³/mol. The lowest BCUT2D eigenvalue weighted by Gasteiger charge is -2.11. The summed E-state index contributed by atoms with van der Waals surface area (Å²) in [6.07, 6.45) is 0. The number of nitrogens with one attached hydrogen (secondary N) is 1. The standard InChI is InChI=1S/C15H12BrClN2OS/c1-8-2-3-9(6-12(8)17)15(20)19-13-5-4-10(16)7-11(13)14(18)21/h2-7H,1H3,(H2,18,21)(H,19,20). The van der Waals surface area contributed by atoms with Crippen molar-refractivity contribution in [1.29, 1.82) is 0 Å². The molecule has 2 rings (SSSR count). The van der Waals surface area contributed by atoms with Gasteiger partial charge >= 0.3 is 0 Å². The van der Waals surface area contributed by atoms with Gasteiger partial charge in [-0.2, -0.15) is 0 Å². The van der Waals surface area contributed by atoms with E-state index in [1.54, 1.807) is 36.4 Å². The molecule has 2 aromatic carbocycles. The maximum Gasteiger partial charge on any atom is 0.255 e. The molecule has 21 heavy (non-hydrogen) atoms. The zero-order chi connectivity index (χ0) is 15.6. The van der Waals surface area contributed by atoms with Gasteiger partial charge in [0, 0.05) is 20.6 Å². The molecule has 0 aliphatic heterocycles. The summed E-state index contributed by atoms with van der Waals surface area (Å²) in [5, 5.41) is 3.35. The van der Waals surface area contributed by atoms with Gasteiger partial charge in [-0.1, -0.05) is 45.8 Å². The van der Waals surface area contributed by atoms with Crippen LogP contribution in [-0.2, 0) is 0 Å². The van der Waals surface area contributed by atoms with Crippen LogP contribution in [0.3, 0.4) is 0 Å². The molecule has 0 aliphatic rings. The van der Waals surface area contributed by atoms with Crippen LogP contribution in [-0.4, -0.2) is 10.9 Å². The molecule has 0 radical (unpaired) electrons. The molecule has 3 N–H and O–H groups in total. The van der Waals surface area contributed by atoms with Crippen molar-refractivity contribution in [3.63, 3.8) is 0 Å². The fraction of sp³-hybridized carbons (Fsp3) is 0.0667. The van der Waals surface area contributed by atoms with Crippen LogP contribution in [0.15, 0.2) is 40.9 Å². The van der Waals surface area contributed by atoms with Crippen molar-refractivity contribution in [3.8, 4) is 0 Å². The highest BCUT2D eigenvalue weighted by Crippen LogP contribution is 2.23. The van der Waals surface area contributed by atoms with E-state index in [-0.39, 0.29) is 10.9 Å². The number of carbonyl (C=O) groups is 1. The molecule has 0 aliphatic carbocycles. The Hall–Kier alpha value is -1.43. The second kappa shape index (κ2) is 6.56.